The van der Waals surface area contributed by atoms with Gasteiger partial charge in [-0.1, -0.05) is 102 Å². The summed E-state index contributed by atoms with van der Waals surface area (Å²) in [5, 5.41) is 2.41. The smallest absolute Gasteiger partial charge is 0.261 e. The standard InChI is InChI=1S/C26H39NO2Si/c1-8-27(7)20-22(19-25(28)21(2)3)29-30(26(4,5)6,23-15-11-9-12-16-23)24-17-13-10-14-18-24/h9-18,21-22H,8,19-20H2,1-7H3/t22-/m1/s1. The van der Waals surface area contributed by atoms with Crippen LogP contribution in [0.2, 0.25) is 5.04 Å². The van der Waals surface area contributed by atoms with Crippen LogP contribution in [0.1, 0.15) is 48.0 Å². The van der Waals surface area contributed by atoms with Crippen molar-refractivity contribution in [2.24, 2.45) is 5.92 Å². The lowest BCUT2D eigenvalue weighted by atomic mass is 10.0. The van der Waals surface area contributed by atoms with Crippen LogP contribution in [-0.4, -0.2) is 45.2 Å². The van der Waals surface area contributed by atoms with Crippen molar-refractivity contribution in [3.05, 3.63) is 60.7 Å². The van der Waals surface area contributed by atoms with E-state index in [-0.39, 0.29) is 22.8 Å². The van der Waals surface area contributed by atoms with Crippen molar-refractivity contribution in [2.45, 2.75) is 59.1 Å². The number of ketones is 1. The van der Waals surface area contributed by atoms with Crippen molar-refractivity contribution in [3.8, 4) is 0 Å². The third-order valence-corrected chi connectivity index (χ3v) is 11.0. The van der Waals surface area contributed by atoms with E-state index in [1.165, 1.54) is 10.4 Å². The van der Waals surface area contributed by atoms with Crippen LogP contribution in [0.25, 0.3) is 0 Å². The molecule has 0 aliphatic carbocycles. The number of likely N-dealkylation sites (N-methyl/N-ethyl adjacent to an activating group) is 1. The van der Waals surface area contributed by atoms with Gasteiger partial charge in [-0.2, -0.15) is 0 Å². The molecule has 0 fully saturated rings. The zero-order valence-corrected chi connectivity index (χ0v) is 20.8. The molecule has 0 bridgehead atoms. The highest BCUT2D eigenvalue weighted by Crippen LogP contribution is 2.38. The summed E-state index contributed by atoms with van der Waals surface area (Å²) < 4.78 is 7.24. The summed E-state index contributed by atoms with van der Waals surface area (Å²) in [6.07, 6.45) is 0.308. The summed E-state index contributed by atoms with van der Waals surface area (Å²) in [5.41, 5.74) is 0. The molecule has 0 radical (unpaired) electrons. The second kappa shape index (κ2) is 10.5. The van der Waals surface area contributed by atoms with Crippen LogP contribution in [0.15, 0.2) is 60.7 Å². The number of Topliss-reactive ketones (excluding diaryl/α,β-unsaturated/α-hetero) is 1. The van der Waals surface area contributed by atoms with Gasteiger partial charge in [0.25, 0.3) is 8.32 Å². The topological polar surface area (TPSA) is 29.5 Å². The number of nitrogens with zero attached hydrogens (tertiary/aromatic N) is 1. The first-order valence-corrected chi connectivity index (χ1v) is 13.0. The van der Waals surface area contributed by atoms with Gasteiger partial charge in [0.2, 0.25) is 0 Å². The Morgan fingerprint density at radius 1 is 0.967 bits per heavy atom. The third kappa shape index (κ3) is 5.69. The van der Waals surface area contributed by atoms with Crippen LogP contribution in [0, 0.1) is 5.92 Å². The fraction of sp³-hybridized carbons (Fsp3) is 0.500. The van der Waals surface area contributed by atoms with Gasteiger partial charge in [0.1, 0.15) is 5.78 Å². The molecule has 0 saturated heterocycles. The molecule has 0 aliphatic heterocycles. The molecule has 0 heterocycles. The molecule has 0 unspecified atom stereocenters. The van der Waals surface area contributed by atoms with Crippen molar-refractivity contribution < 1.29 is 9.22 Å². The highest BCUT2D eigenvalue weighted by atomic mass is 28.4. The van der Waals surface area contributed by atoms with E-state index in [0.29, 0.717) is 6.42 Å². The van der Waals surface area contributed by atoms with Crippen molar-refractivity contribution >= 4 is 24.5 Å². The van der Waals surface area contributed by atoms with Gasteiger partial charge in [-0.05, 0) is 29.0 Å². The van der Waals surface area contributed by atoms with Crippen molar-refractivity contribution in [3.63, 3.8) is 0 Å². The summed E-state index contributed by atoms with van der Waals surface area (Å²) in [4.78, 5) is 15.0. The Bertz CT molecular complexity index is 744. The molecule has 164 valence electrons. The van der Waals surface area contributed by atoms with Crippen LogP contribution < -0.4 is 10.4 Å². The Balaban J connectivity index is 2.62. The van der Waals surface area contributed by atoms with E-state index in [1.54, 1.807) is 0 Å². The van der Waals surface area contributed by atoms with Crippen LogP contribution in [0.5, 0.6) is 0 Å². The van der Waals surface area contributed by atoms with Gasteiger partial charge in [0, 0.05) is 18.9 Å². The van der Waals surface area contributed by atoms with Gasteiger partial charge in [-0.25, -0.2) is 0 Å². The van der Waals surface area contributed by atoms with Gasteiger partial charge >= 0.3 is 0 Å². The quantitative estimate of drug-likeness (QED) is 0.525. The summed E-state index contributed by atoms with van der Waals surface area (Å²) in [7, 11) is -0.574. The van der Waals surface area contributed by atoms with Crippen LogP contribution in [0.3, 0.4) is 0 Å². The Labute approximate surface area is 184 Å². The van der Waals surface area contributed by atoms with Crippen LogP contribution in [-0.2, 0) is 9.22 Å². The maximum absolute atomic E-state index is 12.7. The van der Waals surface area contributed by atoms with Crippen molar-refractivity contribution in [2.75, 3.05) is 20.1 Å². The van der Waals surface area contributed by atoms with E-state index in [4.69, 9.17) is 4.43 Å². The maximum atomic E-state index is 12.7. The minimum Gasteiger partial charge on any atom is -0.403 e. The van der Waals surface area contributed by atoms with Crippen molar-refractivity contribution in [1.82, 2.24) is 4.90 Å². The zero-order valence-electron chi connectivity index (χ0n) is 19.8. The van der Waals surface area contributed by atoms with E-state index < -0.39 is 8.32 Å². The van der Waals surface area contributed by atoms with Gasteiger partial charge in [0.05, 0.1) is 6.10 Å². The molecule has 2 aromatic rings. The van der Waals surface area contributed by atoms with Crippen molar-refractivity contribution in [1.29, 1.82) is 0 Å². The number of carbonyl (C=O) groups is 1. The maximum Gasteiger partial charge on any atom is 0.261 e. The Morgan fingerprint density at radius 2 is 1.43 bits per heavy atom. The van der Waals surface area contributed by atoms with Gasteiger partial charge in [0.15, 0.2) is 0 Å². The summed E-state index contributed by atoms with van der Waals surface area (Å²) in [5.74, 6) is 0.282. The first-order valence-electron chi connectivity index (χ1n) is 11.1. The molecular weight excluding hydrogens is 386 g/mol. The number of hydrogen-bond donors (Lipinski definition) is 0. The fourth-order valence-electron chi connectivity index (χ4n) is 4.02. The molecule has 0 aromatic heterocycles. The first-order chi connectivity index (χ1) is 14.1. The minimum absolute atomic E-state index is 0.0159. The lowest BCUT2D eigenvalue weighted by molar-refractivity contribution is -0.123. The third-order valence-electron chi connectivity index (χ3n) is 5.89. The van der Waals surface area contributed by atoms with E-state index in [1.807, 2.05) is 13.8 Å². The largest absolute Gasteiger partial charge is 0.403 e. The molecule has 2 rings (SSSR count). The van der Waals surface area contributed by atoms with E-state index in [9.17, 15) is 4.79 Å². The Morgan fingerprint density at radius 3 is 1.80 bits per heavy atom. The van der Waals surface area contributed by atoms with Crippen LogP contribution >= 0.6 is 0 Å². The average Bonchev–Trinajstić information content (AvgIpc) is 2.71. The Hall–Kier alpha value is -1.75. The van der Waals surface area contributed by atoms with Gasteiger partial charge in [-0.3, -0.25) is 4.79 Å². The number of carbonyl (C=O) groups excluding carboxylic acids is 1. The molecule has 0 aliphatic rings. The molecule has 0 N–H and O–H groups in total. The lowest BCUT2D eigenvalue weighted by Gasteiger charge is -2.45. The average molecular weight is 426 g/mol. The number of benzene rings is 2. The molecule has 4 heteroatoms. The minimum atomic E-state index is -2.67. The number of rotatable bonds is 10. The molecule has 1 atom stereocenters. The Kier molecular flexibility index (Phi) is 8.59. The second-order valence-corrected chi connectivity index (χ2v) is 13.8. The first kappa shape index (κ1) is 24.5. The zero-order chi connectivity index (χ0) is 22.4. The SMILES string of the molecule is CCN(C)C[C@@H](CC(=O)C(C)C)O[Si](c1ccccc1)(c1ccccc1)C(C)(C)C. The number of hydrogen-bond acceptors (Lipinski definition) is 3. The molecular formula is C26H39NO2Si. The summed E-state index contributed by atoms with van der Waals surface area (Å²) >= 11 is 0. The summed E-state index contributed by atoms with van der Waals surface area (Å²) in [6, 6.07) is 21.3. The summed E-state index contributed by atoms with van der Waals surface area (Å²) in [6.45, 7) is 14.6. The molecule has 2 aromatic carbocycles. The van der Waals surface area contributed by atoms with E-state index >= 15 is 0 Å². The molecule has 3 nitrogen and oxygen atoms in total. The van der Waals surface area contributed by atoms with Gasteiger partial charge < -0.3 is 9.33 Å². The van der Waals surface area contributed by atoms with E-state index in [2.05, 4.69) is 100 Å². The molecule has 30 heavy (non-hydrogen) atoms. The molecule has 0 amide bonds. The van der Waals surface area contributed by atoms with Crippen LogP contribution in [0.4, 0.5) is 0 Å². The second-order valence-electron chi connectivity index (χ2n) is 9.58. The molecule has 0 spiro atoms. The molecule has 0 saturated carbocycles. The van der Waals surface area contributed by atoms with E-state index in [0.717, 1.165) is 13.1 Å². The predicted molar refractivity (Wildman–Crippen MR) is 130 cm³/mol. The normalized spacial score (nSPS) is 13.6. The highest BCUT2D eigenvalue weighted by Gasteiger charge is 2.51. The van der Waals surface area contributed by atoms with Gasteiger partial charge in [-0.15, -0.1) is 0 Å². The predicted octanol–water partition coefficient (Wildman–Crippen LogP) is 4.50. The highest BCUT2D eigenvalue weighted by molar-refractivity contribution is 6.99. The fourth-order valence-corrected chi connectivity index (χ4v) is 8.69. The lowest BCUT2D eigenvalue weighted by Crippen LogP contribution is -2.68. The monoisotopic (exact) mass is 425 g/mol.